The third kappa shape index (κ3) is 7.90. The van der Waals surface area contributed by atoms with Gasteiger partial charge in [0.1, 0.15) is 0 Å². The van der Waals surface area contributed by atoms with E-state index in [0.29, 0.717) is 0 Å². The molecule has 1 fully saturated rings. The number of benzene rings is 1. The molecule has 0 aliphatic carbocycles. The zero-order valence-electron chi connectivity index (χ0n) is 16.8. The van der Waals surface area contributed by atoms with Crippen LogP contribution in [-0.2, 0) is 10.0 Å². The van der Waals surface area contributed by atoms with Crippen molar-refractivity contribution in [2.24, 2.45) is 4.99 Å². The molecule has 0 amide bonds. The molecule has 1 heterocycles. The average Bonchev–Trinajstić information content (AvgIpc) is 2.63. The number of nitro benzene ring substituents is 1. The lowest BCUT2D eigenvalue weighted by atomic mass is 10.2. The molecule has 1 aliphatic rings. The van der Waals surface area contributed by atoms with Gasteiger partial charge in [-0.3, -0.25) is 15.1 Å². The minimum absolute atomic E-state index is 0. The Labute approximate surface area is 193 Å². The van der Waals surface area contributed by atoms with Crippen molar-refractivity contribution < 1.29 is 13.3 Å². The van der Waals surface area contributed by atoms with E-state index in [1.54, 1.807) is 0 Å². The van der Waals surface area contributed by atoms with E-state index in [1.165, 1.54) is 18.2 Å². The molecule has 0 aromatic heterocycles. The van der Waals surface area contributed by atoms with Crippen molar-refractivity contribution in [2.75, 3.05) is 38.5 Å². The van der Waals surface area contributed by atoms with Gasteiger partial charge in [-0.1, -0.05) is 6.07 Å². The predicted octanol–water partition coefficient (Wildman–Crippen LogP) is 2.28. The first-order chi connectivity index (χ1) is 13.1. The highest BCUT2D eigenvalue weighted by Crippen LogP contribution is 2.29. The van der Waals surface area contributed by atoms with E-state index < -0.39 is 14.9 Å². The maximum absolute atomic E-state index is 12.4. The summed E-state index contributed by atoms with van der Waals surface area (Å²) in [6.45, 7) is 9.22. The smallest absolute Gasteiger partial charge is 0.270 e. The van der Waals surface area contributed by atoms with Crippen LogP contribution in [-0.4, -0.2) is 67.4 Å². The molecule has 0 bridgehead atoms. The van der Waals surface area contributed by atoms with E-state index in [2.05, 4.69) is 33.8 Å². The van der Waals surface area contributed by atoms with Crippen LogP contribution in [0.3, 0.4) is 0 Å². The zero-order valence-corrected chi connectivity index (χ0v) is 20.7. The van der Waals surface area contributed by atoms with Crippen molar-refractivity contribution in [1.82, 2.24) is 14.9 Å². The Balaban J connectivity index is 0.00000420. The number of thioether (sulfide) groups is 1. The van der Waals surface area contributed by atoms with Crippen LogP contribution in [0, 0.1) is 10.1 Å². The molecule has 0 spiro atoms. The summed E-state index contributed by atoms with van der Waals surface area (Å²) in [7, 11) is -3.83. The van der Waals surface area contributed by atoms with Crippen LogP contribution in [0.1, 0.15) is 20.8 Å². The number of hydrogen-bond acceptors (Lipinski definition) is 6. The van der Waals surface area contributed by atoms with E-state index >= 15 is 0 Å². The largest absolute Gasteiger partial charge is 0.357 e. The predicted molar refractivity (Wildman–Crippen MR) is 128 cm³/mol. The maximum Gasteiger partial charge on any atom is 0.270 e. The molecule has 1 aromatic carbocycles. The van der Waals surface area contributed by atoms with Crippen molar-refractivity contribution in [3.63, 3.8) is 0 Å². The molecule has 1 aromatic rings. The van der Waals surface area contributed by atoms with Crippen molar-refractivity contribution in [1.29, 1.82) is 0 Å². The molecule has 29 heavy (non-hydrogen) atoms. The van der Waals surface area contributed by atoms with E-state index in [1.807, 2.05) is 18.7 Å². The van der Waals surface area contributed by atoms with E-state index in [4.69, 9.17) is 0 Å². The van der Waals surface area contributed by atoms with E-state index in [0.717, 1.165) is 37.4 Å². The summed E-state index contributed by atoms with van der Waals surface area (Å²) in [5.41, 5.74) is -0.263. The van der Waals surface area contributed by atoms with Gasteiger partial charge >= 0.3 is 0 Å². The van der Waals surface area contributed by atoms with Gasteiger partial charge in [-0.25, -0.2) is 13.1 Å². The highest BCUT2D eigenvalue weighted by molar-refractivity contribution is 14.0. The summed E-state index contributed by atoms with van der Waals surface area (Å²) in [5.74, 6) is 1.78. The fraction of sp³-hybridized carbons (Fsp3) is 0.588. The number of non-ortho nitro benzene ring substituents is 1. The highest BCUT2D eigenvalue weighted by Gasteiger charge is 2.28. The van der Waals surface area contributed by atoms with Crippen molar-refractivity contribution in [3.05, 3.63) is 34.4 Å². The van der Waals surface area contributed by atoms with Crippen molar-refractivity contribution in [2.45, 2.75) is 30.4 Å². The minimum atomic E-state index is -3.83. The Kier molecular flexibility index (Phi) is 10.1. The lowest BCUT2D eigenvalue weighted by Gasteiger charge is -2.39. The zero-order chi connectivity index (χ0) is 20.8. The Morgan fingerprint density at radius 3 is 2.76 bits per heavy atom. The summed E-state index contributed by atoms with van der Waals surface area (Å²) in [5, 5.41) is 14.1. The second-order valence-corrected chi connectivity index (χ2v) is 10.5. The van der Waals surface area contributed by atoms with Crippen LogP contribution in [0.5, 0.6) is 0 Å². The number of halogens is 1. The number of hydrogen-bond donors (Lipinski definition) is 2. The second kappa shape index (κ2) is 11.3. The normalized spacial score (nSPS) is 16.8. The Bertz CT molecular complexity index is 833. The van der Waals surface area contributed by atoms with Crippen molar-refractivity contribution >= 4 is 57.4 Å². The fourth-order valence-corrected chi connectivity index (χ4v) is 4.98. The number of rotatable bonds is 7. The van der Waals surface area contributed by atoms with Gasteiger partial charge in [-0.05, 0) is 26.8 Å². The fourth-order valence-electron chi connectivity index (χ4n) is 2.81. The Hall–Kier alpha value is -1.12. The number of guanidine groups is 1. The molecular weight excluding hydrogens is 529 g/mol. The molecule has 2 rings (SSSR count). The number of nitrogens with one attached hydrogen (secondary N) is 2. The van der Waals surface area contributed by atoms with Gasteiger partial charge in [0.2, 0.25) is 10.0 Å². The second-order valence-electron chi connectivity index (χ2n) is 6.92. The third-order valence-corrected chi connectivity index (χ3v) is 6.82. The minimum Gasteiger partial charge on any atom is -0.357 e. The van der Waals surface area contributed by atoms with Crippen LogP contribution in [0.4, 0.5) is 5.69 Å². The van der Waals surface area contributed by atoms with Gasteiger partial charge in [-0.15, -0.1) is 24.0 Å². The summed E-state index contributed by atoms with van der Waals surface area (Å²) < 4.78 is 27.3. The van der Waals surface area contributed by atoms with Gasteiger partial charge in [0.05, 0.1) is 16.4 Å². The summed E-state index contributed by atoms with van der Waals surface area (Å²) in [6.07, 6.45) is 0. The monoisotopic (exact) mass is 557 g/mol. The Morgan fingerprint density at radius 2 is 2.14 bits per heavy atom. The number of nitro groups is 1. The Morgan fingerprint density at radius 1 is 1.41 bits per heavy atom. The van der Waals surface area contributed by atoms with Gasteiger partial charge in [-0.2, -0.15) is 11.8 Å². The number of aliphatic imine (C=N–C) groups is 1. The topological polar surface area (TPSA) is 117 Å². The molecule has 1 saturated heterocycles. The number of nitrogens with zero attached hydrogens (tertiary/aromatic N) is 3. The van der Waals surface area contributed by atoms with Gasteiger partial charge < -0.3 is 10.2 Å². The van der Waals surface area contributed by atoms with E-state index in [9.17, 15) is 18.5 Å². The van der Waals surface area contributed by atoms with Crippen LogP contribution in [0.25, 0.3) is 0 Å². The average molecular weight is 557 g/mol. The standard InChI is InChI=1S/C17H27N5O4S2.HI/c1-4-18-16(21-10-11-27-17(2,3)13-21)19-8-9-20-28(25,26)15-7-5-6-14(12-15)22(23)24;/h5-7,12,20H,4,8-11,13H2,1-3H3,(H,18,19);1H. The molecule has 0 atom stereocenters. The lowest BCUT2D eigenvalue weighted by molar-refractivity contribution is -0.385. The molecule has 0 radical (unpaired) electrons. The first-order valence-electron chi connectivity index (χ1n) is 9.06. The quantitative estimate of drug-likeness (QED) is 0.132. The molecular formula is C17H28IN5O4S2. The van der Waals surface area contributed by atoms with Crippen LogP contribution in [0.15, 0.2) is 34.2 Å². The highest BCUT2D eigenvalue weighted by atomic mass is 127. The van der Waals surface area contributed by atoms with Crippen LogP contribution >= 0.6 is 35.7 Å². The first kappa shape index (κ1) is 25.9. The van der Waals surface area contributed by atoms with E-state index in [-0.39, 0.29) is 52.4 Å². The molecule has 12 heteroatoms. The summed E-state index contributed by atoms with van der Waals surface area (Å²) in [6, 6.07) is 4.98. The van der Waals surface area contributed by atoms with Crippen molar-refractivity contribution in [3.8, 4) is 0 Å². The summed E-state index contributed by atoms with van der Waals surface area (Å²) >= 11 is 1.93. The van der Waals surface area contributed by atoms with Crippen LogP contribution < -0.4 is 10.0 Å². The van der Waals surface area contributed by atoms with Crippen LogP contribution in [0.2, 0.25) is 0 Å². The molecule has 2 N–H and O–H groups in total. The lowest BCUT2D eigenvalue weighted by Crippen LogP contribution is -2.51. The SMILES string of the molecule is CCNC(=NCCNS(=O)(=O)c1cccc([N+](=O)[O-])c1)N1CCSC(C)(C)C1.I. The number of sulfonamides is 1. The third-order valence-electron chi connectivity index (χ3n) is 4.06. The maximum atomic E-state index is 12.4. The van der Waals surface area contributed by atoms with Gasteiger partial charge in [0, 0.05) is 48.8 Å². The molecule has 0 unspecified atom stereocenters. The first-order valence-corrected chi connectivity index (χ1v) is 11.5. The summed E-state index contributed by atoms with van der Waals surface area (Å²) in [4.78, 5) is 16.8. The molecule has 9 nitrogen and oxygen atoms in total. The molecule has 1 aliphatic heterocycles. The molecule has 164 valence electrons. The van der Waals surface area contributed by atoms with Gasteiger partial charge in [0.15, 0.2) is 5.96 Å². The van der Waals surface area contributed by atoms with Gasteiger partial charge in [0.25, 0.3) is 5.69 Å². The molecule has 0 saturated carbocycles.